The summed E-state index contributed by atoms with van der Waals surface area (Å²) in [6.45, 7) is 12.1. The van der Waals surface area contributed by atoms with Crippen molar-refractivity contribution in [2.45, 2.75) is 78.4 Å². The van der Waals surface area contributed by atoms with Crippen LogP contribution in [0.3, 0.4) is 0 Å². The maximum absolute atomic E-state index is 15.1. The van der Waals surface area contributed by atoms with Gasteiger partial charge in [0.2, 0.25) is 0 Å². The quantitative estimate of drug-likeness (QED) is 0.190. The van der Waals surface area contributed by atoms with Crippen LogP contribution in [0.5, 0.6) is 0 Å². The van der Waals surface area contributed by atoms with Gasteiger partial charge in [-0.3, -0.25) is 4.79 Å². The van der Waals surface area contributed by atoms with E-state index in [0.29, 0.717) is 28.7 Å². The van der Waals surface area contributed by atoms with Gasteiger partial charge in [0, 0.05) is 5.56 Å². The van der Waals surface area contributed by atoms with Gasteiger partial charge < -0.3 is 14.8 Å². The summed E-state index contributed by atoms with van der Waals surface area (Å²) in [5.41, 5.74) is 1.00. The monoisotopic (exact) mass is 519 g/mol. The predicted octanol–water partition coefficient (Wildman–Crippen LogP) is 7.50. The third-order valence-electron chi connectivity index (χ3n) is 5.57. The molecule has 0 heterocycles. The van der Waals surface area contributed by atoms with E-state index >= 15 is 4.39 Å². The van der Waals surface area contributed by atoms with Gasteiger partial charge in [-0.2, -0.15) is 0 Å². The van der Waals surface area contributed by atoms with Crippen molar-refractivity contribution in [2.75, 3.05) is 6.61 Å². The van der Waals surface area contributed by atoms with E-state index < -0.39 is 47.6 Å². The van der Waals surface area contributed by atoms with Crippen LogP contribution in [0.25, 0.3) is 11.1 Å². The van der Waals surface area contributed by atoms with E-state index in [-0.39, 0.29) is 12.2 Å². The number of hydrogen-bond donors (Lipinski definition) is 1. The standard InChI is InChI=1S/C29H36F3NO4/c1-7-9-10-11-12-19-14-21(30)13-18(3)26(19)20-15-22(27(32)23(31)16-20)24(17-25(34)36-8-2)33-28(35)37-29(4,5)6/h7,13-16,24H,1,8-12,17H2,2-6H3,(H,33,35)/t24-/m0/s1. The third-order valence-corrected chi connectivity index (χ3v) is 5.57. The maximum Gasteiger partial charge on any atom is 0.408 e. The Labute approximate surface area is 217 Å². The fraction of sp³-hybridized carbons (Fsp3) is 0.448. The Kier molecular flexibility index (Phi) is 10.8. The second-order valence-corrected chi connectivity index (χ2v) is 9.86. The Morgan fingerprint density at radius 1 is 1.11 bits per heavy atom. The van der Waals surface area contributed by atoms with Gasteiger partial charge in [0.05, 0.1) is 19.1 Å². The van der Waals surface area contributed by atoms with Crippen molar-refractivity contribution >= 4 is 12.1 Å². The number of allylic oxidation sites excluding steroid dienone is 1. The van der Waals surface area contributed by atoms with Crippen molar-refractivity contribution in [3.63, 3.8) is 0 Å². The van der Waals surface area contributed by atoms with Crippen LogP contribution in [0.15, 0.2) is 36.9 Å². The average molecular weight is 520 g/mol. The van der Waals surface area contributed by atoms with E-state index in [1.807, 2.05) is 0 Å². The predicted molar refractivity (Wildman–Crippen MR) is 138 cm³/mol. The summed E-state index contributed by atoms with van der Waals surface area (Å²) in [4.78, 5) is 24.8. The van der Waals surface area contributed by atoms with Crippen molar-refractivity contribution in [1.29, 1.82) is 0 Å². The molecule has 202 valence electrons. The Morgan fingerprint density at radius 2 is 1.81 bits per heavy atom. The van der Waals surface area contributed by atoms with Gasteiger partial charge in [0.15, 0.2) is 11.6 Å². The lowest BCUT2D eigenvalue weighted by Gasteiger charge is -2.24. The lowest BCUT2D eigenvalue weighted by atomic mass is 9.89. The highest BCUT2D eigenvalue weighted by atomic mass is 19.2. The van der Waals surface area contributed by atoms with E-state index in [1.54, 1.807) is 40.7 Å². The molecule has 1 atom stereocenters. The number of carbonyl (C=O) groups is 2. The summed E-state index contributed by atoms with van der Waals surface area (Å²) in [5.74, 6) is -3.49. The molecule has 2 aromatic rings. The Balaban J connectivity index is 2.58. The zero-order chi connectivity index (χ0) is 27.8. The van der Waals surface area contributed by atoms with Crippen LogP contribution >= 0.6 is 0 Å². The topological polar surface area (TPSA) is 64.6 Å². The fourth-order valence-electron chi connectivity index (χ4n) is 4.11. The summed E-state index contributed by atoms with van der Waals surface area (Å²) < 4.78 is 54.6. The van der Waals surface area contributed by atoms with Gasteiger partial charge in [-0.1, -0.05) is 6.08 Å². The highest BCUT2D eigenvalue weighted by molar-refractivity contribution is 5.75. The van der Waals surface area contributed by atoms with Crippen molar-refractivity contribution in [1.82, 2.24) is 5.32 Å². The molecule has 1 N–H and O–H groups in total. The van der Waals surface area contributed by atoms with Crippen LogP contribution in [0.4, 0.5) is 18.0 Å². The first-order valence-electron chi connectivity index (χ1n) is 12.4. The number of esters is 1. The molecule has 5 nitrogen and oxygen atoms in total. The zero-order valence-corrected chi connectivity index (χ0v) is 22.2. The fourth-order valence-corrected chi connectivity index (χ4v) is 4.11. The molecular weight excluding hydrogens is 483 g/mol. The molecule has 0 bridgehead atoms. The van der Waals surface area contributed by atoms with Crippen LogP contribution in [-0.2, 0) is 20.7 Å². The first-order valence-corrected chi connectivity index (χ1v) is 12.4. The number of alkyl carbamates (subject to hydrolysis) is 1. The Morgan fingerprint density at radius 3 is 2.43 bits per heavy atom. The molecule has 0 radical (unpaired) electrons. The van der Waals surface area contributed by atoms with Crippen molar-refractivity contribution in [3.8, 4) is 11.1 Å². The largest absolute Gasteiger partial charge is 0.466 e. The van der Waals surface area contributed by atoms with Gasteiger partial charge in [-0.25, -0.2) is 18.0 Å². The first kappa shape index (κ1) is 29.9. The van der Waals surface area contributed by atoms with Crippen LogP contribution in [0, 0.1) is 24.4 Å². The highest BCUT2D eigenvalue weighted by Gasteiger charge is 2.28. The van der Waals surface area contributed by atoms with Crippen molar-refractivity contribution in [3.05, 3.63) is 71.1 Å². The summed E-state index contributed by atoms with van der Waals surface area (Å²) in [5, 5.41) is 2.47. The first-order chi connectivity index (χ1) is 17.4. The van der Waals surface area contributed by atoms with Gasteiger partial charge in [-0.15, -0.1) is 6.58 Å². The van der Waals surface area contributed by atoms with Crippen molar-refractivity contribution < 1.29 is 32.2 Å². The second kappa shape index (κ2) is 13.3. The number of halogens is 3. The molecule has 2 rings (SSSR count). The molecule has 0 spiro atoms. The van der Waals surface area contributed by atoms with Crippen molar-refractivity contribution in [2.24, 2.45) is 0 Å². The number of ether oxygens (including phenoxy) is 2. The third kappa shape index (κ3) is 8.95. The second-order valence-electron chi connectivity index (χ2n) is 9.86. The molecule has 0 aliphatic carbocycles. The van der Waals surface area contributed by atoms with E-state index in [2.05, 4.69) is 11.9 Å². The SMILES string of the molecule is C=CCCCCc1cc(F)cc(C)c1-c1cc(F)c(F)c([C@H](CC(=O)OCC)NC(=O)OC(C)(C)C)c1. The number of hydrogen-bond acceptors (Lipinski definition) is 4. The normalized spacial score (nSPS) is 12.1. The van der Waals surface area contributed by atoms with Crippen LogP contribution in [0.1, 0.15) is 76.1 Å². The zero-order valence-electron chi connectivity index (χ0n) is 22.2. The number of aryl methyl sites for hydroxylation is 2. The van der Waals surface area contributed by atoms with Gasteiger partial charge in [0.1, 0.15) is 11.4 Å². The van der Waals surface area contributed by atoms with E-state index in [4.69, 9.17) is 9.47 Å². The molecule has 1 amide bonds. The lowest BCUT2D eigenvalue weighted by Crippen LogP contribution is -2.36. The summed E-state index contributed by atoms with van der Waals surface area (Å²) in [6, 6.07) is 3.89. The minimum absolute atomic E-state index is 0.0822. The maximum atomic E-state index is 15.1. The molecule has 0 saturated heterocycles. The minimum Gasteiger partial charge on any atom is -0.466 e. The summed E-state index contributed by atoms with van der Waals surface area (Å²) in [6.07, 6.45) is 3.41. The molecule has 2 aromatic carbocycles. The molecule has 0 aliphatic rings. The number of amides is 1. The van der Waals surface area contributed by atoms with Crippen LogP contribution in [0.2, 0.25) is 0 Å². The molecule has 0 unspecified atom stereocenters. The summed E-state index contributed by atoms with van der Waals surface area (Å²) in [7, 11) is 0. The molecule has 0 fully saturated rings. The molecule has 0 saturated carbocycles. The molecular formula is C29H36F3NO4. The number of nitrogens with one attached hydrogen (secondary N) is 1. The van der Waals surface area contributed by atoms with Gasteiger partial charge >= 0.3 is 12.1 Å². The van der Waals surface area contributed by atoms with Gasteiger partial charge in [-0.05, 0) is 107 Å². The molecule has 0 aliphatic heterocycles. The summed E-state index contributed by atoms with van der Waals surface area (Å²) >= 11 is 0. The molecule has 8 heteroatoms. The lowest BCUT2D eigenvalue weighted by molar-refractivity contribution is -0.143. The Bertz CT molecular complexity index is 1130. The number of benzene rings is 2. The van der Waals surface area contributed by atoms with Crippen LogP contribution < -0.4 is 5.32 Å². The smallest absolute Gasteiger partial charge is 0.408 e. The van der Waals surface area contributed by atoms with Gasteiger partial charge in [0.25, 0.3) is 0 Å². The van der Waals surface area contributed by atoms with E-state index in [1.165, 1.54) is 18.2 Å². The Hall–Kier alpha value is -3.29. The molecule has 0 aromatic heterocycles. The van der Waals surface area contributed by atoms with E-state index in [0.717, 1.165) is 25.3 Å². The van der Waals surface area contributed by atoms with E-state index in [9.17, 15) is 18.4 Å². The minimum atomic E-state index is -1.26. The number of rotatable bonds is 11. The highest BCUT2D eigenvalue weighted by Crippen LogP contribution is 2.34. The number of unbranched alkanes of at least 4 members (excludes halogenated alkanes) is 2. The van der Waals surface area contributed by atoms with Crippen LogP contribution in [-0.4, -0.2) is 24.3 Å². The number of carbonyl (C=O) groups excluding carboxylic acids is 2. The molecule has 37 heavy (non-hydrogen) atoms. The average Bonchev–Trinajstić information content (AvgIpc) is 2.77.